The molecule has 0 radical (unpaired) electrons. The van der Waals surface area contributed by atoms with Crippen LogP contribution in [0.3, 0.4) is 0 Å². The van der Waals surface area contributed by atoms with Gasteiger partial charge in [0.15, 0.2) is 0 Å². The molecule has 0 aliphatic heterocycles. The van der Waals surface area contributed by atoms with Crippen LogP contribution in [0.1, 0.15) is 0 Å². The Balaban J connectivity index is 0. The molecule has 26 heavy (non-hydrogen) atoms. The van der Waals surface area contributed by atoms with E-state index in [4.69, 9.17) is 0 Å². The van der Waals surface area contributed by atoms with Crippen LogP contribution < -0.4 is 62.0 Å². The van der Waals surface area contributed by atoms with Crippen molar-refractivity contribution < 1.29 is 309 Å². The van der Waals surface area contributed by atoms with Gasteiger partial charge >= 0.3 is 148 Å². The zero-order chi connectivity index (χ0) is 0. The van der Waals surface area contributed by atoms with Crippen LogP contribution in [0, 0.1) is 148 Å². The van der Waals surface area contributed by atoms with E-state index in [1.807, 2.05) is 0 Å². The van der Waals surface area contributed by atoms with E-state index in [1.165, 1.54) is 0 Å². The zero-order valence-corrected chi connectivity index (χ0v) is 23.1. The van der Waals surface area contributed by atoms with E-state index in [2.05, 4.69) is 0 Å². The summed E-state index contributed by atoms with van der Waals surface area (Å²) in [4.78, 5) is 0. The predicted molar refractivity (Wildman–Crippen MR) is 65.0 cm³/mol. The second kappa shape index (κ2) is 881. The molecule has 0 spiro atoms. The van der Waals surface area contributed by atoms with Crippen molar-refractivity contribution in [2.24, 2.45) is 0 Å². The predicted octanol–water partition coefficient (Wildman–Crippen LogP) is -29.8. The van der Waals surface area contributed by atoms with Crippen LogP contribution in [-0.2, 0) is 0 Å². The van der Waals surface area contributed by atoms with Crippen LogP contribution in [0.2, 0.25) is 0 Å². The van der Waals surface area contributed by atoms with Crippen molar-refractivity contribution in [3.63, 3.8) is 0 Å². The van der Waals surface area contributed by atoms with Gasteiger partial charge in [-0.3, -0.25) is 0 Å². The van der Waals surface area contributed by atoms with Crippen LogP contribution >= 0.6 is 0 Å². The molecule has 0 heterocycles. The molecule has 36 N–H and O–H groups in total. The van der Waals surface area contributed by atoms with Gasteiger partial charge < -0.3 is 161 Å². The van der Waals surface area contributed by atoms with Crippen LogP contribution in [0.15, 0.2) is 0 Å². The second-order valence-corrected chi connectivity index (χ2v) is 0. The minimum absolute atomic E-state index is 0. The third-order valence-corrected chi connectivity index (χ3v) is 0. The van der Waals surface area contributed by atoms with Gasteiger partial charge in [-0.05, 0) is 0 Å². The van der Waals surface area contributed by atoms with Crippen molar-refractivity contribution in [1.29, 1.82) is 0 Å². The summed E-state index contributed by atoms with van der Waals surface area (Å²) in [7, 11) is 0. The molecule has 26 heteroatoms. The van der Waals surface area contributed by atoms with E-state index in [0.717, 1.165) is 0 Å². The Kier molecular flexibility index (Phi) is 33000. The maximum Gasteiger partial charge on any atom is 3.00 e. The summed E-state index contributed by atoms with van der Waals surface area (Å²) in [6.45, 7) is 0. The zero-order valence-electron chi connectivity index (χ0n) is 12.0. The molecule has 0 aliphatic rings. The molecule has 0 saturated carbocycles. The Labute approximate surface area is 302 Å². The molecule has 18 nitrogen and oxygen atoms in total. The second-order valence-electron chi connectivity index (χ2n) is 0. The molecule has 0 unspecified atom stereocenters. The van der Waals surface area contributed by atoms with Gasteiger partial charge in [-0.2, -0.15) is 0 Å². The number of hydrogen-bond donors (Lipinski definition) is 0. The molecule has 0 aliphatic carbocycles. The van der Waals surface area contributed by atoms with Gasteiger partial charge in [0.05, 0.1) is 0 Å². The molecular weight excluding hydrogens is 921 g/mol. The maximum absolute atomic E-state index is 0. The molecule has 0 atom stereocenters. The van der Waals surface area contributed by atoms with E-state index in [-0.39, 0.29) is 309 Å². The Bertz CT molecular complexity index is 30.8. The normalized spacial score (nSPS) is 0. The first-order valence-electron chi connectivity index (χ1n) is 0. The first kappa shape index (κ1) is 973. The standard InChI is InChI=1S/5ClH.3Eu.18H2O/h5*1H;;;;18*1H2/q;;;;;3*+3;;;;;;;;;;;;;;;;;;/p-5. The van der Waals surface area contributed by atoms with E-state index in [1.54, 1.807) is 0 Å². The Morgan fingerprint density at radius 1 is 0.115 bits per heavy atom. The first-order valence-corrected chi connectivity index (χ1v) is 0. The monoisotopic (exact) mass is 958 g/mol. The molecular formula is H36Cl5Eu3O18+4. The molecule has 0 aromatic carbocycles. The van der Waals surface area contributed by atoms with Crippen LogP contribution in [0.5, 0.6) is 0 Å². The fourth-order valence-corrected chi connectivity index (χ4v) is 0. The van der Waals surface area contributed by atoms with E-state index in [9.17, 15) is 0 Å². The molecule has 0 amide bonds. The van der Waals surface area contributed by atoms with Crippen LogP contribution in [0.4, 0.5) is 0 Å². The fourth-order valence-electron chi connectivity index (χ4n) is 0. The van der Waals surface area contributed by atoms with E-state index >= 15 is 0 Å². The Morgan fingerprint density at radius 3 is 0.115 bits per heavy atom. The molecule has 0 rings (SSSR count). The van der Waals surface area contributed by atoms with E-state index < -0.39 is 0 Å². The smallest absolute Gasteiger partial charge is 1.00 e. The number of halogens is 5. The third-order valence-electron chi connectivity index (χ3n) is 0. The largest absolute Gasteiger partial charge is 3.00 e. The van der Waals surface area contributed by atoms with Gasteiger partial charge in [-0.15, -0.1) is 0 Å². The van der Waals surface area contributed by atoms with Crippen LogP contribution in [-0.4, -0.2) is 98.6 Å². The van der Waals surface area contributed by atoms with Crippen molar-refractivity contribution in [2.75, 3.05) is 0 Å². The van der Waals surface area contributed by atoms with Gasteiger partial charge in [0, 0.05) is 0 Å². The molecule has 0 bridgehead atoms. The average Bonchev–Trinajstić information content (AvgIpc) is 0. The summed E-state index contributed by atoms with van der Waals surface area (Å²) in [6.07, 6.45) is 0. The van der Waals surface area contributed by atoms with Gasteiger partial charge in [-0.25, -0.2) is 0 Å². The van der Waals surface area contributed by atoms with Crippen molar-refractivity contribution in [1.82, 2.24) is 0 Å². The summed E-state index contributed by atoms with van der Waals surface area (Å²) >= 11 is 0. The Hall–Kier alpha value is 5.48. The topological polar surface area (TPSA) is 567 Å². The van der Waals surface area contributed by atoms with Crippen molar-refractivity contribution in [2.45, 2.75) is 0 Å². The SMILES string of the molecule is O.O.O.O.O.O.O.O.O.O.O.O.O.O.O.O.O.O.[Cl-].[Cl-].[Cl-].[Cl-].[Cl-].[Eu+3].[Eu+3].[Eu+3]. The van der Waals surface area contributed by atoms with Gasteiger partial charge in [0.25, 0.3) is 0 Å². The first-order chi connectivity index (χ1) is 0. The van der Waals surface area contributed by atoms with Crippen molar-refractivity contribution in [3.8, 4) is 0 Å². The summed E-state index contributed by atoms with van der Waals surface area (Å²) < 4.78 is 0. The molecule has 0 saturated heterocycles. The minimum atomic E-state index is 0. The average molecular weight is 957 g/mol. The van der Waals surface area contributed by atoms with Gasteiger partial charge in [-0.1, -0.05) is 0 Å². The third kappa shape index (κ3) is 796. The Morgan fingerprint density at radius 2 is 0.115 bits per heavy atom. The molecule has 0 aromatic heterocycles. The summed E-state index contributed by atoms with van der Waals surface area (Å²) in [5.74, 6) is 0. The van der Waals surface area contributed by atoms with Crippen LogP contribution in [0.25, 0.3) is 0 Å². The number of rotatable bonds is 0. The fraction of sp³-hybridized carbons (Fsp3) is 0. The van der Waals surface area contributed by atoms with Crippen molar-refractivity contribution >= 4 is 0 Å². The molecule has 0 aromatic rings. The number of hydrogen-bond acceptors (Lipinski definition) is 0. The quantitative estimate of drug-likeness (QED) is 0.218. The van der Waals surface area contributed by atoms with E-state index in [0.29, 0.717) is 0 Å². The summed E-state index contributed by atoms with van der Waals surface area (Å²) in [5.41, 5.74) is 0. The van der Waals surface area contributed by atoms with Crippen molar-refractivity contribution in [3.05, 3.63) is 0 Å². The minimum Gasteiger partial charge on any atom is -1.00 e. The molecule has 196 valence electrons. The summed E-state index contributed by atoms with van der Waals surface area (Å²) in [6, 6.07) is 0. The molecule has 0 fully saturated rings. The van der Waals surface area contributed by atoms with Gasteiger partial charge in [0.2, 0.25) is 0 Å². The van der Waals surface area contributed by atoms with Gasteiger partial charge in [0.1, 0.15) is 0 Å². The summed E-state index contributed by atoms with van der Waals surface area (Å²) in [5, 5.41) is 0. The maximum atomic E-state index is 0.